The van der Waals surface area contributed by atoms with Crippen LogP contribution in [0.1, 0.15) is 22.3 Å². The number of para-hydroxylation sites is 4. The van der Waals surface area contributed by atoms with E-state index in [0.717, 1.165) is 0 Å². The molecule has 0 aromatic heterocycles. The van der Waals surface area contributed by atoms with Crippen molar-refractivity contribution in [1.29, 1.82) is 0 Å². The highest BCUT2D eigenvalue weighted by Crippen LogP contribution is 2.63. The van der Waals surface area contributed by atoms with Crippen molar-refractivity contribution >= 4 is 71.8 Å². The first-order valence-electron chi connectivity index (χ1n) is 20.4. The average molecular weight is 773 g/mol. The molecule has 4 heteroatoms. The highest BCUT2D eigenvalue weighted by molar-refractivity contribution is 7.00. The van der Waals surface area contributed by atoms with Gasteiger partial charge in [0.25, 0.3) is 0 Å². The van der Waals surface area contributed by atoms with Gasteiger partial charge in [0, 0.05) is 38.2 Å². The zero-order valence-corrected chi connectivity index (χ0v) is 36.6. The summed E-state index contributed by atoms with van der Waals surface area (Å²) in [6.07, 6.45) is 0. The second kappa shape index (κ2) is 13.8. The van der Waals surface area contributed by atoms with Crippen LogP contribution in [-0.2, 0) is 4.66 Å². The van der Waals surface area contributed by atoms with Gasteiger partial charge in [0.15, 0.2) is 0 Å². The van der Waals surface area contributed by atoms with E-state index < -0.39 is 16.1 Å². The van der Waals surface area contributed by atoms with Crippen molar-refractivity contribution in [2.45, 2.75) is 57.8 Å². The molecule has 2 nitrogen and oxygen atoms in total. The van der Waals surface area contributed by atoms with Gasteiger partial charge in [-0.2, -0.15) is 0 Å². The molecule has 0 unspecified atom stereocenters. The molecule has 8 aromatic carbocycles. The van der Waals surface area contributed by atoms with Gasteiger partial charge in [0.05, 0.1) is 27.5 Å². The van der Waals surface area contributed by atoms with Gasteiger partial charge in [-0.05, 0) is 107 Å². The number of hydrogen-bond acceptors (Lipinski definition) is 2. The predicted octanol–water partition coefficient (Wildman–Crippen LogP) is 15.6. The van der Waals surface area contributed by atoms with E-state index >= 15 is 0 Å². The second-order valence-electron chi connectivity index (χ2n) is 17.9. The minimum absolute atomic E-state index is 0.121. The van der Waals surface area contributed by atoms with Crippen molar-refractivity contribution in [3.05, 3.63) is 192 Å². The van der Waals surface area contributed by atoms with Crippen LogP contribution in [0.2, 0.25) is 39.3 Å². The van der Waals surface area contributed by atoms with Gasteiger partial charge >= 0.3 is 0 Å². The molecular weight excluding hydrogens is 721 g/mol. The molecule has 0 N–H and O–H groups in total. The number of aryl methyl sites for hydroxylation is 2. The minimum atomic E-state index is -2.12. The molecule has 0 saturated heterocycles. The third-order valence-corrected chi connectivity index (χ3v) is 22.7. The lowest BCUT2D eigenvalue weighted by molar-refractivity contribution is 0.953. The number of rotatable bonds is 8. The van der Waals surface area contributed by atoms with Crippen molar-refractivity contribution < 1.29 is 0 Å². The molecule has 0 heterocycles. The number of fused-ring (bicyclic) bond motifs is 7. The Hall–Kier alpha value is -5.69. The zero-order chi connectivity index (χ0) is 39.7. The van der Waals surface area contributed by atoms with Gasteiger partial charge in [0.1, 0.15) is 0 Å². The number of anilines is 6. The Morgan fingerprint density at radius 2 is 0.667 bits per heavy atom. The van der Waals surface area contributed by atoms with Crippen molar-refractivity contribution in [3.63, 3.8) is 0 Å². The summed E-state index contributed by atoms with van der Waals surface area (Å²) in [5.41, 5.74) is 15.6. The molecule has 8 aromatic rings. The summed E-state index contributed by atoms with van der Waals surface area (Å²) in [4.78, 5) is 5.05. The van der Waals surface area contributed by atoms with Gasteiger partial charge in [-0.1, -0.05) is 161 Å². The molecule has 0 atom stereocenters. The van der Waals surface area contributed by atoms with Gasteiger partial charge in [-0.3, -0.25) is 0 Å². The van der Waals surface area contributed by atoms with E-state index in [0.29, 0.717) is 0 Å². The SMILES string of the molecule is Cc1ccccc1N(c1ccccc1)c1cc2c(c3ccccc13)-c1c(cc(N(c3ccccc3)c3ccccc3C)c3ccccc13)C2([Si](C)(C)C)[Si](C)(C)C. The van der Waals surface area contributed by atoms with Gasteiger partial charge in [-0.25, -0.2) is 0 Å². The van der Waals surface area contributed by atoms with Crippen LogP contribution in [0.15, 0.2) is 170 Å². The van der Waals surface area contributed by atoms with Crippen LogP contribution >= 0.6 is 0 Å². The summed E-state index contributed by atoms with van der Waals surface area (Å²) in [5.74, 6) is 0. The van der Waals surface area contributed by atoms with Crippen LogP contribution in [0.25, 0.3) is 32.7 Å². The normalized spacial score (nSPS) is 13.4. The summed E-state index contributed by atoms with van der Waals surface area (Å²) >= 11 is 0. The monoisotopic (exact) mass is 772 g/mol. The molecule has 0 bridgehead atoms. The number of nitrogens with zero attached hydrogens (tertiary/aromatic N) is 2. The van der Waals surface area contributed by atoms with Crippen LogP contribution in [-0.4, -0.2) is 16.1 Å². The molecule has 0 spiro atoms. The third-order valence-electron chi connectivity index (χ3n) is 12.6. The van der Waals surface area contributed by atoms with Crippen molar-refractivity contribution in [2.24, 2.45) is 0 Å². The summed E-state index contributed by atoms with van der Waals surface area (Å²) in [7, 11) is -4.23. The Labute approximate surface area is 341 Å². The first kappa shape index (κ1) is 36.9. The van der Waals surface area contributed by atoms with Gasteiger partial charge in [-0.15, -0.1) is 0 Å². The van der Waals surface area contributed by atoms with E-state index in [1.54, 1.807) is 0 Å². The van der Waals surface area contributed by atoms with Gasteiger partial charge in [0.2, 0.25) is 0 Å². The predicted molar refractivity (Wildman–Crippen MR) is 253 cm³/mol. The van der Waals surface area contributed by atoms with Crippen LogP contribution in [0, 0.1) is 13.8 Å². The fraction of sp³-hybridized carbons (Fsp3) is 0.170. The number of benzene rings is 8. The minimum Gasteiger partial charge on any atom is -0.310 e. The molecule has 9 rings (SSSR count). The maximum Gasteiger partial charge on any atom is 0.0579 e. The van der Waals surface area contributed by atoms with Crippen LogP contribution in [0.5, 0.6) is 0 Å². The van der Waals surface area contributed by atoms with Crippen molar-refractivity contribution in [1.82, 2.24) is 0 Å². The quantitative estimate of drug-likeness (QED) is 0.142. The third kappa shape index (κ3) is 5.64. The second-order valence-corrected chi connectivity index (χ2v) is 28.9. The smallest absolute Gasteiger partial charge is 0.0579 e. The van der Waals surface area contributed by atoms with E-state index in [4.69, 9.17) is 0 Å². The van der Waals surface area contributed by atoms with Crippen LogP contribution < -0.4 is 9.80 Å². The molecule has 282 valence electrons. The summed E-state index contributed by atoms with van der Waals surface area (Å²) in [6.45, 7) is 20.3. The Morgan fingerprint density at radius 3 is 1.02 bits per heavy atom. The molecule has 0 aliphatic heterocycles. The summed E-state index contributed by atoms with van der Waals surface area (Å²) < 4.78 is -0.121. The fourth-order valence-electron chi connectivity index (χ4n) is 10.7. The standard InChI is InChI=1S/C53H52N2Si2/c1-37-23-15-21-33-47(37)54(39-25-11-9-12-26-39)49-35-45-51(43-31-19-17-29-41(43)49)52-44-32-20-18-30-42(44)50(36-46(52)53(45,56(3,4)5)57(6,7)8)55(40-27-13-10-14-28-40)48-34-22-16-24-38(48)2/h9-36H,1-8H3. The lowest BCUT2D eigenvalue weighted by Gasteiger charge is -2.51. The largest absolute Gasteiger partial charge is 0.310 e. The molecule has 57 heavy (non-hydrogen) atoms. The first-order chi connectivity index (χ1) is 27.4. The topological polar surface area (TPSA) is 6.48 Å². The molecule has 0 radical (unpaired) electrons. The molecule has 1 aliphatic rings. The maximum absolute atomic E-state index is 2.65. The maximum atomic E-state index is 2.65. The highest BCUT2D eigenvalue weighted by atomic mass is 28.4. The van der Waals surface area contributed by atoms with E-state index in [9.17, 15) is 0 Å². The lowest BCUT2D eigenvalue weighted by atomic mass is 9.91. The van der Waals surface area contributed by atoms with Crippen LogP contribution in [0.3, 0.4) is 0 Å². The Kier molecular flexibility index (Phi) is 8.91. The zero-order valence-electron chi connectivity index (χ0n) is 34.6. The molecule has 0 amide bonds. The van der Waals surface area contributed by atoms with E-state index in [-0.39, 0.29) is 4.66 Å². The number of hydrogen-bond donors (Lipinski definition) is 0. The van der Waals surface area contributed by atoms with E-state index in [2.05, 4.69) is 233 Å². The Morgan fingerprint density at radius 1 is 0.351 bits per heavy atom. The van der Waals surface area contributed by atoms with Crippen LogP contribution in [0.4, 0.5) is 34.1 Å². The lowest BCUT2D eigenvalue weighted by Crippen LogP contribution is -2.63. The summed E-state index contributed by atoms with van der Waals surface area (Å²) in [5, 5.41) is 5.21. The molecular formula is C53H52N2Si2. The van der Waals surface area contributed by atoms with Crippen molar-refractivity contribution in [2.75, 3.05) is 9.80 Å². The Balaban J connectivity index is 1.47. The van der Waals surface area contributed by atoms with E-state index in [1.165, 1.54) is 89.0 Å². The highest BCUT2D eigenvalue weighted by Gasteiger charge is 2.60. The fourth-order valence-corrected chi connectivity index (χ4v) is 23.7. The Bertz CT molecular complexity index is 2600. The summed E-state index contributed by atoms with van der Waals surface area (Å²) in [6, 6.07) is 63.4. The molecule has 1 aliphatic carbocycles. The van der Waals surface area contributed by atoms with E-state index in [1.807, 2.05) is 0 Å². The molecule has 0 saturated carbocycles. The van der Waals surface area contributed by atoms with Crippen molar-refractivity contribution in [3.8, 4) is 11.1 Å². The van der Waals surface area contributed by atoms with Gasteiger partial charge < -0.3 is 9.80 Å². The molecule has 0 fully saturated rings. The average Bonchev–Trinajstić information content (AvgIpc) is 3.53. The first-order valence-corrected chi connectivity index (χ1v) is 27.4.